The Kier molecular flexibility index (Phi) is 2.96. The third-order valence-corrected chi connectivity index (χ3v) is 2.86. The van der Waals surface area contributed by atoms with Crippen LogP contribution in [0.3, 0.4) is 0 Å². The minimum Gasteiger partial charge on any atom is -0.383 e. The first-order valence-electron chi connectivity index (χ1n) is 4.74. The van der Waals surface area contributed by atoms with Crippen LogP contribution in [0.15, 0.2) is 35.4 Å². The van der Waals surface area contributed by atoms with Gasteiger partial charge in [0.2, 0.25) is 5.95 Å². The molecule has 4 nitrogen and oxygen atoms in total. The Bertz CT molecular complexity index is 499. The van der Waals surface area contributed by atoms with Crippen LogP contribution in [0.1, 0.15) is 0 Å². The monoisotopic (exact) mass is 232 g/mol. The van der Waals surface area contributed by atoms with Crippen LogP contribution >= 0.6 is 11.8 Å². The number of hydrogen-bond acceptors (Lipinski definition) is 5. The molecule has 0 aliphatic rings. The molecule has 5 heteroatoms. The van der Waals surface area contributed by atoms with Gasteiger partial charge in [-0.15, -0.1) is 11.8 Å². The van der Waals surface area contributed by atoms with Gasteiger partial charge in [0.25, 0.3) is 0 Å². The molecule has 2 rings (SSSR count). The molecule has 0 bridgehead atoms. The summed E-state index contributed by atoms with van der Waals surface area (Å²) in [6, 6.07) is 9.82. The topological polar surface area (TPSA) is 77.8 Å². The molecule has 0 saturated heterocycles. The Hall–Kier alpha value is -1.75. The molecule has 0 spiro atoms. The summed E-state index contributed by atoms with van der Waals surface area (Å²) in [4.78, 5) is 8.17. The highest BCUT2D eigenvalue weighted by Crippen LogP contribution is 2.32. The van der Waals surface area contributed by atoms with Crippen LogP contribution in [0.5, 0.6) is 0 Å². The SMILES string of the molecule is CSc1nc(N)nc(N)c1-c1ccccc1. The van der Waals surface area contributed by atoms with E-state index in [1.54, 1.807) is 0 Å². The first kappa shape index (κ1) is 10.8. The van der Waals surface area contributed by atoms with Gasteiger partial charge in [0.1, 0.15) is 10.8 Å². The van der Waals surface area contributed by atoms with Crippen molar-refractivity contribution in [2.45, 2.75) is 5.03 Å². The standard InChI is InChI=1S/C11H12N4S/c1-16-10-8(7-5-3-2-4-6-7)9(12)14-11(13)15-10/h2-6H,1H3,(H4,12,13,14,15). The molecular formula is C11H12N4S. The van der Waals surface area contributed by atoms with E-state index in [1.807, 2.05) is 36.6 Å². The van der Waals surface area contributed by atoms with Gasteiger partial charge in [-0.1, -0.05) is 30.3 Å². The first-order chi connectivity index (χ1) is 7.72. The highest BCUT2D eigenvalue weighted by Gasteiger charge is 2.12. The Morgan fingerprint density at radius 2 is 1.75 bits per heavy atom. The molecule has 0 atom stereocenters. The van der Waals surface area contributed by atoms with Crippen molar-refractivity contribution in [1.29, 1.82) is 0 Å². The van der Waals surface area contributed by atoms with Gasteiger partial charge in [-0.05, 0) is 11.8 Å². The lowest BCUT2D eigenvalue weighted by molar-refractivity contribution is 1.08. The first-order valence-corrected chi connectivity index (χ1v) is 5.97. The molecule has 1 heterocycles. The van der Waals surface area contributed by atoms with Gasteiger partial charge >= 0.3 is 0 Å². The minimum absolute atomic E-state index is 0.210. The van der Waals surface area contributed by atoms with Crippen molar-refractivity contribution in [1.82, 2.24) is 9.97 Å². The largest absolute Gasteiger partial charge is 0.383 e. The van der Waals surface area contributed by atoms with Crippen molar-refractivity contribution in [3.05, 3.63) is 30.3 Å². The number of thioether (sulfide) groups is 1. The molecule has 1 aromatic carbocycles. The van der Waals surface area contributed by atoms with Crippen molar-refractivity contribution in [2.24, 2.45) is 0 Å². The van der Waals surface area contributed by atoms with E-state index in [2.05, 4.69) is 9.97 Å². The second-order valence-electron chi connectivity index (χ2n) is 3.22. The van der Waals surface area contributed by atoms with Crippen LogP contribution in [0, 0.1) is 0 Å². The Morgan fingerprint density at radius 1 is 1.06 bits per heavy atom. The molecule has 0 aliphatic heterocycles. The highest BCUT2D eigenvalue weighted by molar-refractivity contribution is 7.98. The predicted molar refractivity (Wildman–Crippen MR) is 68.1 cm³/mol. The number of benzene rings is 1. The van der Waals surface area contributed by atoms with E-state index in [0.717, 1.165) is 16.2 Å². The normalized spacial score (nSPS) is 10.3. The van der Waals surface area contributed by atoms with Gasteiger partial charge in [-0.2, -0.15) is 4.98 Å². The maximum atomic E-state index is 5.89. The molecule has 0 radical (unpaired) electrons. The van der Waals surface area contributed by atoms with Crippen molar-refractivity contribution < 1.29 is 0 Å². The Morgan fingerprint density at radius 3 is 2.38 bits per heavy atom. The van der Waals surface area contributed by atoms with E-state index in [1.165, 1.54) is 11.8 Å². The molecule has 4 N–H and O–H groups in total. The summed E-state index contributed by atoms with van der Waals surface area (Å²) in [6.07, 6.45) is 1.94. The molecular weight excluding hydrogens is 220 g/mol. The quantitative estimate of drug-likeness (QED) is 0.612. The van der Waals surface area contributed by atoms with Crippen molar-refractivity contribution >= 4 is 23.5 Å². The zero-order valence-electron chi connectivity index (χ0n) is 8.84. The van der Waals surface area contributed by atoms with Crippen LogP contribution in [-0.2, 0) is 0 Å². The van der Waals surface area contributed by atoms with E-state index in [9.17, 15) is 0 Å². The molecule has 0 aliphatic carbocycles. The second-order valence-corrected chi connectivity index (χ2v) is 4.01. The molecule has 0 fully saturated rings. The lowest BCUT2D eigenvalue weighted by Crippen LogP contribution is -2.03. The maximum absolute atomic E-state index is 5.89. The van der Waals surface area contributed by atoms with E-state index in [-0.39, 0.29) is 5.95 Å². The molecule has 0 saturated carbocycles. The number of rotatable bonds is 2. The lowest BCUT2D eigenvalue weighted by atomic mass is 10.1. The number of aromatic nitrogens is 2. The van der Waals surface area contributed by atoms with E-state index in [0.29, 0.717) is 5.82 Å². The molecule has 2 aromatic rings. The van der Waals surface area contributed by atoms with Crippen LogP contribution in [-0.4, -0.2) is 16.2 Å². The average Bonchev–Trinajstić information content (AvgIpc) is 2.29. The van der Waals surface area contributed by atoms with Crippen molar-refractivity contribution in [2.75, 3.05) is 17.7 Å². The lowest BCUT2D eigenvalue weighted by Gasteiger charge is -2.09. The molecule has 0 amide bonds. The zero-order chi connectivity index (χ0) is 11.5. The average molecular weight is 232 g/mol. The summed E-state index contributed by atoms with van der Waals surface area (Å²) in [5.41, 5.74) is 13.3. The van der Waals surface area contributed by atoms with Gasteiger partial charge in [-0.25, -0.2) is 4.98 Å². The summed E-state index contributed by atoms with van der Waals surface area (Å²) in [6.45, 7) is 0. The summed E-state index contributed by atoms with van der Waals surface area (Å²) >= 11 is 1.51. The van der Waals surface area contributed by atoms with Crippen LogP contribution in [0.4, 0.5) is 11.8 Å². The summed E-state index contributed by atoms with van der Waals surface area (Å²) in [5.74, 6) is 0.629. The van der Waals surface area contributed by atoms with E-state index < -0.39 is 0 Å². The number of nitrogens with zero attached hydrogens (tertiary/aromatic N) is 2. The maximum Gasteiger partial charge on any atom is 0.223 e. The van der Waals surface area contributed by atoms with Crippen LogP contribution in [0.25, 0.3) is 11.1 Å². The summed E-state index contributed by atoms with van der Waals surface area (Å²) in [5, 5.41) is 0.802. The fourth-order valence-corrected chi connectivity index (χ4v) is 2.11. The van der Waals surface area contributed by atoms with Gasteiger partial charge < -0.3 is 11.5 Å². The fourth-order valence-electron chi connectivity index (χ4n) is 1.50. The Labute approximate surface area is 98.1 Å². The van der Waals surface area contributed by atoms with E-state index in [4.69, 9.17) is 11.5 Å². The minimum atomic E-state index is 0.210. The predicted octanol–water partition coefficient (Wildman–Crippen LogP) is 2.03. The van der Waals surface area contributed by atoms with Crippen molar-refractivity contribution in [3.63, 3.8) is 0 Å². The Balaban J connectivity index is 2.64. The molecule has 0 unspecified atom stereocenters. The van der Waals surface area contributed by atoms with Gasteiger partial charge in [0, 0.05) is 0 Å². The third-order valence-electron chi connectivity index (χ3n) is 2.18. The number of nitrogens with two attached hydrogens (primary N) is 2. The number of hydrogen-bond donors (Lipinski definition) is 2. The van der Waals surface area contributed by atoms with Gasteiger partial charge in [0.05, 0.1) is 5.56 Å². The van der Waals surface area contributed by atoms with Gasteiger partial charge in [-0.3, -0.25) is 0 Å². The smallest absolute Gasteiger partial charge is 0.223 e. The van der Waals surface area contributed by atoms with Crippen LogP contribution in [0.2, 0.25) is 0 Å². The fraction of sp³-hybridized carbons (Fsp3) is 0.0909. The van der Waals surface area contributed by atoms with Crippen LogP contribution < -0.4 is 11.5 Å². The van der Waals surface area contributed by atoms with E-state index >= 15 is 0 Å². The molecule has 82 valence electrons. The molecule has 1 aromatic heterocycles. The number of anilines is 2. The summed E-state index contributed by atoms with van der Waals surface area (Å²) in [7, 11) is 0. The van der Waals surface area contributed by atoms with Crippen molar-refractivity contribution in [3.8, 4) is 11.1 Å². The zero-order valence-corrected chi connectivity index (χ0v) is 9.66. The third kappa shape index (κ3) is 1.94. The highest BCUT2D eigenvalue weighted by atomic mass is 32.2. The van der Waals surface area contributed by atoms with Gasteiger partial charge in [0.15, 0.2) is 0 Å². The summed E-state index contributed by atoms with van der Waals surface area (Å²) < 4.78 is 0. The molecule has 16 heavy (non-hydrogen) atoms. The number of nitrogen functional groups attached to an aromatic ring is 2. The second kappa shape index (κ2) is 4.40.